The molecule has 0 bridgehead atoms. The second-order valence-electron chi connectivity index (χ2n) is 4.58. The third-order valence-electron chi connectivity index (χ3n) is 3.49. The Morgan fingerprint density at radius 1 is 1.56 bits per heavy atom. The summed E-state index contributed by atoms with van der Waals surface area (Å²) in [5, 5.41) is 3.93. The van der Waals surface area contributed by atoms with Crippen molar-refractivity contribution in [3.8, 4) is 5.75 Å². The highest BCUT2D eigenvalue weighted by atomic mass is 32.2. The average Bonchev–Trinajstić information content (AvgIpc) is 2.91. The maximum atomic E-state index is 14.1. The van der Waals surface area contributed by atoms with Crippen LogP contribution < -0.4 is 10.1 Å². The van der Waals surface area contributed by atoms with E-state index in [4.69, 9.17) is 4.74 Å². The molecule has 1 saturated heterocycles. The highest BCUT2D eigenvalue weighted by Crippen LogP contribution is 2.31. The van der Waals surface area contributed by atoms with Gasteiger partial charge in [-0.3, -0.25) is 0 Å². The van der Waals surface area contributed by atoms with E-state index in [9.17, 15) is 4.39 Å². The van der Waals surface area contributed by atoms with Crippen LogP contribution in [-0.2, 0) is 6.42 Å². The van der Waals surface area contributed by atoms with Crippen LogP contribution in [-0.4, -0.2) is 31.2 Å². The molecule has 1 aromatic carbocycles. The first-order valence-corrected chi connectivity index (χ1v) is 7.41. The van der Waals surface area contributed by atoms with Gasteiger partial charge in [0.1, 0.15) is 0 Å². The quantitative estimate of drug-likeness (QED) is 0.888. The number of likely N-dealkylation sites (N-methyl/N-ethyl adjacent to an activating group) is 1. The molecule has 1 aromatic rings. The lowest BCUT2D eigenvalue weighted by Crippen LogP contribution is -2.36. The molecule has 1 aliphatic rings. The van der Waals surface area contributed by atoms with E-state index in [0.29, 0.717) is 17.0 Å². The molecule has 0 spiro atoms. The van der Waals surface area contributed by atoms with Gasteiger partial charge in [-0.05, 0) is 43.7 Å². The van der Waals surface area contributed by atoms with Crippen LogP contribution in [0.5, 0.6) is 5.75 Å². The van der Waals surface area contributed by atoms with Gasteiger partial charge in [-0.1, -0.05) is 12.1 Å². The largest absolute Gasteiger partial charge is 0.494 e. The van der Waals surface area contributed by atoms with Crippen molar-refractivity contribution in [2.24, 2.45) is 0 Å². The molecule has 2 nitrogen and oxygen atoms in total. The molecule has 18 heavy (non-hydrogen) atoms. The average molecular weight is 269 g/mol. The van der Waals surface area contributed by atoms with Gasteiger partial charge >= 0.3 is 0 Å². The molecular weight excluding hydrogens is 249 g/mol. The highest BCUT2D eigenvalue weighted by Gasteiger charge is 2.25. The van der Waals surface area contributed by atoms with Crippen molar-refractivity contribution in [3.05, 3.63) is 29.6 Å². The summed E-state index contributed by atoms with van der Waals surface area (Å²) in [6.45, 7) is 0. The van der Waals surface area contributed by atoms with Crippen molar-refractivity contribution < 1.29 is 9.13 Å². The Balaban J connectivity index is 2.11. The number of hydrogen-bond donors (Lipinski definition) is 1. The zero-order valence-electron chi connectivity index (χ0n) is 10.9. The summed E-state index contributed by atoms with van der Waals surface area (Å²) < 4.78 is 19.1. The second kappa shape index (κ2) is 6.43. The predicted octanol–water partition coefficient (Wildman–Crippen LogP) is 2.86. The van der Waals surface area contributed by atoms with Gasteiger partial charge in [0.2, 0.25) is 0 Å². The third-order valence-corrected chi connectivity index (χ3v) is 5.00. The van der Waals surface area contributed by atoms with E-state index in [2.05, 4.69) is 5.32 Å². The molecule has 100 valence electrons. The Morgan fingerprint density at radius 3 is 3.00 bits per heavy atom. The first kappa shape index (κ1) is 13.7. The van der Waals surface area contributed by atoms with Crippen molar-refractivity contribution in [1.82, 2.24) is 5.32 Å². The van der Waals surface area contributed by atoms with Crippen molar-refractivity contribution in [2.45, 2.75) is 30.6 Å². The minimum atomic E-state index is -0.219. The SMILES string of the molecule is CNC(Cc1cccc(OC)c1F)C1CCCS1. The highest BCUT2D eigenvalue weighted by molar-refractivity contribution is 8.00. The standard InChI is InChI=1S/C14H20FNOS/c1-16-11(13-7-4-8-18-13)9-10-5-3-6-12(17-2)14(10)15/h3,5-6,11,13,16H,4,7-9H2,1-2H3. The number of methoxy groups -OCH3 is 1. The molecule has 2 rings (SSSR count). The molecule has 0 amide bonds. The number of hydrogen-bond acceptors (Lipinski definition) is 3. The summed E-state index contributed by atoms with van der Waals surface area (Å²) in [7, 11) is 3.46. The van der Waals surface area contributed by atoms with Gasteiger partial charge in [-0.2, -0.15) is 11.8 Å². The topological polar surface area (TPSA) is 21.3 Å². The van der Waals surface area contributed by atoms with Gasteiger partial charge in [0.15, 0.2) is 11.6 Å². The van der Waals surface area contributed by atoms with Crippen molar-refractivity contribution in [1.29, 1.82) is 0 Å². The molecule has 0 saturated carbocycles. The Labute approximate surface area is 112 Å². The summed E-state index contributed by atoms with van der Waals surface area (Å²) in [4.78, 5) is 0. The van der Waals surface area contributed by atoms with Crippen LogP contribution in [0.1, 0.15) is 18.4 Å². The molecule has 4 heteroatoms. The molecule has 2 unspecified atom stereocenters. The van der Waals surface area contributed by atoms with Crippen molar-refractivity contribution in [3.63, 3.8) is 0 Å². The summed E-state index contributed by atoms with van der Waals surface area (Å²) in [5.41, 5.74) is 0.737. The van der Waals surface area contributed by atoms with Crippen LogP contribution in [0.4, 0.5) is 4.39 Å². The first-order chi connectivity index (χ1) is 8.76. The number of benzene rings is 1. The van der Waals surface area contributed by atoms with Gasteiger partial charge in [0.25, 0.3) is 0 Å². The van der Waals surface area contributed by atoms with Gasteiger partial charge in [-0.25, -0.2) is 4.39 Å². The molecule has 0 radical (unpaired) electrons. The number of thioether (sulfide) groups is 1. The van der Waals surface area contributed by atoms with Crippen LogP contribution in [0, 0.1) is 5.82 Å². The molecule has 2 atom stereocenters. The van der Waals surface area contributed by atoms with E-state index in [-0.39, 0.29) is 5.82 Å². The Bertz CT molecular complexity index is 393. The molecule has 1 fully saturated rings. The minimum absolute atomic E-state index is 0.219. The number of ether oxygens (including phenoxy) is 1. The lowest BCUT2D eigenvalue weighted by atomic mass is 10.00. The number of rotatable bonds is 5. The minimum Gasteiger partial charge on any atom is -0.494 e. The maximum absolute atomic E-state index is 14.1. The molecule has 1 heterocycles. The van der Waals surface area contributed by atoms with Crippen molar-refractivity contribution >= 4 is 11.8 Å². The van der Waals surface area contributed by atoms with E-state index in [1.807, 2.05) is 30.9 Å². The van der Waals surface area contributed by atoms with E-state index >= 15 is 0 Å². The van der Waals surface area contributed by atoms with Crippen LogP contribution in [0.3, 0.4) is 0 Å². The lowest BCUT2D eigenvalue weighted by molar-refractivity contribution is 0.382. The third kappa shape index (κ3) is 2.98. The first-order valence-electron chi connectivity index (χ1n) is 6.36. The summed E-state index contributed by atoms with van der Waals surface area (Å²) in [5.74, 6) is 1.34. The van der Waals surface area contributed by atoms with E-state index in [0.717, 1.165) is 12.0 Å². The molecular formula is C14H20FNOS. The molecule has 0 aromatic heterocycles. The van der Waals surface area contributed by atoms with Crippen molar-refractivity contribution in [2.75, 3.05) is 19.9 Å². The Kier molecular flexibility index (Phi) is 4.89. The summed E-state index contributed by atoms with van der Waals surface area (Å²) in [6, 6.07) is 5.70. The fourth-order valence-electron chi connectivity index (χ4n) is 2.45. The van der Waals surface area contributed by atoms with Gasteiger partial charge in [-0.15, -0.1) is 0 Å². The van der Waals surface area contributed by atoms with Crippen LogP contribution >= 0.6 is 11.8 Å². The second-order valence-corrected chi connectivity index (χ2v) is 5.93. The Hall–Kier alpha value is -0.740. The fourth-order valence-corrected chi connectivity index (χ4v) is 3.88. The lowest BCUT2D eigenvalue weighted by Gasteiger charge is -2.22. The van der Waals surface area contributed by atoms with E-state index < -0.39 is 0 Å². The molecule has 0 aliphatic carbocycles. The maximum Gasteiger partial charge on any atom is 0.168 e. The fraction of sp³-hybridized carbons (Fsp3) is 0.571. The predicted molar refractivity (Wildman–Crippen MR) is 75.0 cm³/mol. The zero-order valence-corrected chi connectivity index (χ0v) is 11.7. The Morgan fingerprint density at radius 2 is 2.39 bits per heavy atom. The van der Waals surface area contributed by atoms with Gasteiger partial charge in [0.05, 0.1) is 7.11 Å². The molecule has 1 aliphatic heterocycles. The normalized spacial score (nSPS) is 20.9. The van der Waals surface area contributed by atoms with E-state index in [1.165, 1.54) is 25.7 Å². The number of halogens is 1. The monoisotopic (exact) mass is 269 g/mol. The summed E-state index contributed by atoms with van der Waals surface area (Å²) in [6.07, 6.45) is 3.22. The van der Waals surface area contributed by atoms with Crippen LogP contribution in [0.25, 0.3) is 0 Å². The molecule has 1 N–H and O–H groups in total. The van der Waals surface area contributed by atoms with Crippen LogP contribution in [0.15, 0.2) is 18.2 Å². The van der Waals surface area contributed by atoms with Crippen LogP contribution in [0.2, 0.25) is 0 Å². The zero-order chi connectivity index (χ0) is 13.0. The van der Waals surface area contributed by atoms with Gasteiger partial charge < -0.3 is 10.1 Å². The van der Waals surface area contributed by atoms with E-state index in [1.54, 1.807) is 6.07 Å². The van der Waals surface area contributed by atoms with Gasteiger partial charge in [0, 0.05) is 11.3 Å². The smallest absolute Gasteiger partial charge is 0.168 e. The summed E-state index contributed by atoms with van der Waals surface area (Å²) >= 11 is 1.99. The number of nitrogens with one attached hydrogen (secondary N) is 1.